The Bertz CT molecular complexity index is 595. The summed E-state index contributed by atoms with van der Waals surface area (Å²) in [6.45, 7) is 4.42. The number of benzene rings is 1. The van der Waals surface area contributed by atoms with E-state index in [0.717, 1.165) is 10.0 Å². The SMILES string of the molecule is CCOC(=O)c1nnc(C)n1Cc1ccccc1Br. The first kappa shape index (κ1) is 13.7. The van der Waals surface area contributed by atoms with Gasteiger partial charge in [0.25, 0.3) is 0 Å². The number of ether oxygens (including phenoxy) is 1. The molecule has 0 radical (unpaired) electrons. The third-order valence-electron chi connectivity index (χ3n) is 2.68. The standard InChI is InChI=1S/C13H14BrN3O2/c1-3-19-13(18)12-16-15-9(2)17(12)8-10-6-4-5-7-11(10)14/h4-7H,3,8H2,1-2H3. The molecule has 0 aliphatic heterocycles. The first-order valence-electron chi connectivity index (χ1n) is 5.93. The zero-order valence-corrected chi connectivity index (χ0v) is 12.3. The Morgan fingerprint density at radius 3 is 2.79 bits per heavy atom. The van der Waals surface area contributed by atoms with Crippen molar-refractivity contribution in [1.82, 2.24) is 14.8 Å². The summed E-state index contributed by atoms with van der Waals surface area (Å²) in [5, 5.41) is 7.83. The van der Waals surface area contributed by atoms with Crippen LogP contribution in [0.1, 0.15) is 28.9 Å². The zero-order valence-electron chi connectivity index (χ0n) is 10.8. The van der Waals surface area contributed by atoms with Crippen molar-refractivity contribution in [3.63, 3.8) is 0 Å². The number of hydrogen-bond acceptors (Lipinski definition) is 4. The minimum absolute atomic E-state index is 0.232. The molecule has 0 unspecified atom stereocenters. The van der Waals surface area contributed by atoms with Gasteiger partial charge in [-0.2, -0.15) is 0 Å². The molecule has 0 saturated carbocycles. The molecule has 1 aromatic carbocycles. The average molecular weight is 324 g/mol. The molecule has 0 aliphatic carbocycles. The van der Waals surface area contributed by atoms with Crippen LogP contribution in [0, 0.1) is 6.92 Å². The molecule has 0 N–H and O–H groups in total. The van der Waals surface area contributed by atoms with Crippen LogP contribution < -0.4 is 0 Å². The summed E-state index contributed by atoms with van der Waals surface area (Å²) >= 11 is 3.49. The molecule has 0 bridgehead atoms. The Labute approximate surface area is 119 Å². The first-order chi connectivity index (χ1) is 9.13. The molecule has 2 rings (SSSR count). The van der Waals surface area contributed by atoms with E-state index in [4.69, 9.17) is 4.74 Å². The maximum Gasteiger partial charge on any atom is 0.376 e. The van der Waals surface area contributed by atoms with Crippen LogP contribution >= 0.6 is 15.9 Å². The number of halogens is 1. The normalized spacial score (nSPS) is 10.5. The van der Waals surface area contributed by atoms with Crippen LogP contribution in [0.3, 0.4) is 0 Å². The van der Waals surface area contributed by atoms with Gasteiger partial charge in [-0.15, -0.1) is 10.2 Å². The van der Waals surface area contributed by atoms with Gasteiger partial charge in [-0.05, 0) is 25.5 Å². The highest BCUT2D eigenvalue weighted by Crippen LogP contribution is 2.18. The fraction of sp³-hybridized carbons (Fsp3) is 0.308. The highest BCUT2D eigenvalue weighted by atomic mass is 79.9. The Morgan fingerprint density at radius 2 is 2.11 bits per heavy atom. The predicted molar refractivity (Wildman–Crippen MR) is 74.0 cm³/mol. The first-order valence-corrected chi connectivity index (χ1v) is 6.73. The lowest BCUT2D eigenvalue weighted by molar-refractivity contribution is 0.0506. The smallest absolute Gasteiger partial charge is 0.376 e. The molecule has 1 aromatic heterocycles. The fourth-order valence-electron chi connectivity index (χ4n) is 1.71. The van der Waals surface area contributed by atoms with Gasteiger partial charge in [-0.3, -0.25) is 0 Å². The van der Waals surface area contributed by atoms with E-state index in [2.05, 4.69) is 26.1 Å². The number of aryl methyl sites for hydroxylation is 1. The average Bonchev–Trinajstić information content (AvgIpc) is 2.74. The van der Waals surface area contributed by atoms with Gasteiger partial charge in [0, 0.05) is 4.47 Å². The summed E-state index contributed by atoms with van der Waals surface area (Å²) in [5.74, 6) is 0.462. The molecule has 0 atom stereocenters. The largest absolute Gasteiger partial charge is 0.460 e. The predicted octanol–water partition coefficient (Wildman–Crippen LogP) is 2.57. The number of carbonyl (C=O) groups is 1. The molecule has 1 heterocycles. The van der Waals surface area contributed by atoms with E-state index >= 15 is 0 Å². The number of esters is 1. The summed E-state index contributed by atoms with van der Waals surface area (Å²) in [6, 6.07) is 7.83. The third kappa shape index (κ3) is 3.01. The van der Waals surface area contributed by atoms with Crippen molar-refractivity contribution >= 4 is 21.9 Å². The molecule has 19 heavy (non-hydrogen) atoms. The van der Waals surface area contributed by atoms with Crippen molar-refractivity contribution in [2.24, 2.45) is 0 Å². The van der Waals surface area contributed by atoms with Crippen molar-refractivity contribution in [1.29, 1.82) is 0 Å². The maximum absolute atomic E-state index is 11.8. The van der Waals surface area contributed by atoms with Crippen LogP contribution in [0.4, 0.5) is 0 Å². The van der Waals surface area contributed by atoms with Gasteiger partial charge in [0.15, 0.2) is 0 Å². The highest BCUT2D eigenvalue weighted by Gasteiger charge is 2.18. The molecule has 0 saturated heterocycles. The Balaban J connectivity index is 2.32. The maximum atomic E-state index is 11.8. The molecular weight excluding hydrogens is 310 g/mol. The van der Waals surface area contributed by atoms with E-state index < -0.39 is 5.97 Å². The lowest BCUT2D eigenvalue weighted by Gasteiger charge is -2.09. The number of carbonyl (C=O) groups excluding carboxylic acids is 1. The molecule has 100 valence electrons. The Hall–Kier alpha value is -1.69. The van der Waals surface area contributed by atoms with E-state index in [0.29, 0.717) is 19.0 Å². The highest BCUT2D eigenvalue weighted by molar-refractivity contribution is 9.10. The minimum Gasteiger partial charge on any atom is -0.460 e. The van der Waals surface area contributed by atoms with Gasteiger partial charge in [0.2, 0.25) is 5.82 Å². The fourth-order valence-corrected chi connectivity index (χ4v) is 2.12. The van der Waals surface area contributed by atoms with Gasteiger partial charge >= 0.3 is 5.97 Å². The summed E-state index contributed by atoms with van der Waals surface area (Å²) in [4.78, 5) is 11.8. The van der Waals surface area contributed by atoms with Crippen molar-refractivity contribution < 1.29 is 9.53 Å². The Kier molecular flexibility index (Phi) is 4.31. The summed E-state index contributed by atoms with van der Waals surface area (Å²) in [7, 11) is 0. The molecule has 5 nitrogen and oxygen atoms in total. The number of rotatable bonds is 4. The van der Waals surface area contributed by atoms with Crippen molar-refractivity contribution in [3.05, 3.63) is 46.0 Å². The van der Waals surface area contributed by atoms with Crippen molar-refractivity contribution in [3.8, 4) is 0 Å². The molecule has 0 amide bonds. The lowest BCUT2D eigenvalue weighted by atomic mass is 10.2. The number of nitrogens with zero attached hydrogens (tertiary/aromatic N) is 3. The van der Waals surface area contributed by atoms with E-state index in [1.807, 2.05) is 31.2 Å². The van der Waals surface area contributed by atoms with Crippen molar-refractivity contribution in [2.75, 3.05) is 6.61 Å². The monoisotopic (exact) mass is 323 g/mol. The van der Waals surface area contributed by atoms with E-state index in [-0.39, 0.29) is 5.82 Å². The van der Waals surface area contributed by atoms with Crippen LogP contribution in [0.5, 0.6) is 0 Å². The second-order valence-electron chi connectivity index (χ2n) is 3.97. The van der Waals surface area contributed by atoms with E-state index in [9.17, 15) is 4.79 Å². The van der Waals surface area contributed by atoms with Crippen LogP contribution in [-0.2, 0) is 11.3 Å². The third-order valence-corrected chi connectivity index (χ3v) is 3.45. The van der Waals surface area contributed by atoms with Crippen LogP contribution in [-0.4, -0.2) is 27.3 Å². The molecular formula is C13H14BrN3O2. The van der Waals surface area contributed by atoms with E-state index in [1.54, 1.807) is 11.5 Å². The minimum atomic E-state index is -0.449. The zero-order chi connectivity index (χ0) is 13.8. The van der Waals surface area contributed by atoms with Gasteiger partial charge < -0.3 is 9.30 Å². The van der Waals surface area contributed by atoms with Gasteiger partial charge in [0.05, 0.1) is 13.2 Å². The molecule has 2 aromatic rings. The summed E-state index contributed by atoms with van der Waals surface area (Å²) < 4.78 is 7.71. The second-order valence-corrected chi connectivity index (χ2v) is 4.82. The summed E-state index contributed by atoms with van der Waals surface area (Å²) in [5.41, 5.74) is 1.05. The van der Waals surface area contributed by atoms with E-state index in [1.165, 1.54) is 0 Å². The van der Waals surface area contributed by atoms with Gasteiger partial charge in [0.1, 0.15) is 5.82 Å². The Morgan fingerprint density at radius 1 is 1.37 bits per heavy atom. The molecule has 0 aliphatic rings. The van der Waals surface area contributed by atoms with Crippen LogP contribution in [0.15, 0.2) is 28.7 Å². The lowest BCUT2D eigenvalue weighted by Crippen LogP contribution is -2.15. The second kappa shape index (κ2) is 5.97. The quantitative estimate of drug-likeness (QED) is 0.811. The van der Waals surface area contributed by atoms with Crippen LogP contribution in [0.2, 0.25) is 0 Å². The molecule has 6 heteroatoms. The molecule has 0 fully saturated rings. The molecule has 0 spiro atoms. The van der Waals surface area contributed by atoms with Crippen molar-refractivity contribution in [2.45, 2.75) is 20.4 Å². The van der Waals surface area contributed by atoms with Crippen LogP contribution in [0.25, 0.3) is 0 Å². The number of hydrogen-bond donors (Lipinski definition) is 0. The number of aromatic nitrogens is 3. The van der Waals surface area contributed by atoms with Gasteiger partial charge in [-0.25, -0.2) is 4.79 Å². The summed E-state index contributed by atoms with van der Waals surface area (Å²) in [6.07, 6.45) is 0. The topological polar surface area (TPSA) is 57.0 Å². The van der Waals surface area contributed by atoms with Gasteiger partial charge in [-0.1, -0.05) is 34.1 Å².